The second kappa shape index (κ2) is 10.0. The highest BCUT2D eigenvalue weighted by molar-refractivity contribution is 6.05. The Kier molecular flexibility index (Phi) is 6.69. The molecule has 2 N–H and O–H groups in total. The van der Waals surface area contributed by atoms with Gasteiger partial charge in [0.25, 0.3) is 5.91 Å². The normalized spacial score (nSPS) is 13.9. The van der Waals surface area contributed by atoms with Crippen molar-refractivity contribution in [3.05, 3.63) is 77.9 Å². The van der Waals surface area contributed by atoms with Gasteiger partial charge in [0, 0.05) is 55.9 Å². The third-order valence-corrected chi connectivity index (χ3v) is 5.92. The first-order valence-corrected chi connectivity index (χ1v) is 11.0. The minimum atomic E-state index is -0.309. The molecule has 1 aliphatic heterocycles. The number of carbonyl (C=O) groups excluding carboxylic acids is 2. The first kappa shape index (κ1) is 22.1. The van der Waals surface area contributed by atoms with Crippen LogP contribution in [0, 0.1) is 17.2 Å². The Balaban J connectivity index is 1.31. The van der Waals surface area contributed by atoms with E-state index in [1.807, 2.05) is 28.9 Å². The van der Waals surface area contributed by atoms with Gasteiger partial charge >= 0.3 is 6.03 Å². The van der Waals surface area contributed by atoms with Crippen LogP contribution in [0.1, 0.15) is 34.6 Å². The van der Waals surface area contributed by atoms with E-state index in [-0.39, 0.29) is 11.9 Å². The number of hydrogen-bond donors (Lipinski definition) is 2. The van der Waals surface area contributed by atoms with Crippen LogP contribution in [0.3, 0.4) is 0 Å². The fourth-order valence-corrected chi connectivity index (χ4v) is 4.00. The van der Waals surface area contributed by atoms with E-state index in [1.165, 1.54) is 0 Å². The molecule has 0 unspecified atom stereocenters. The van der Waals surface area contributed by atoms with Crippen molar-refractivity contribution >= 4 is 23.3 Å². The molecule has 2 aromatic carbocycles. The number of nitriles is 1. The minimum Gasteiger partial charge on any atom is -0.338 e. The zero-order chi connectivity index (χ0) is 23.2. The number of anilines is 2. The summed E-state index contributed by atoms with van der Waals surface area (Å²) in [5.41, 5.74) is 2.00. The lowest BCUT2D eigenvalue weighted by molar-refractivity contribution is 0.102. The number of hydrogen-bond acceptors (Lipinski definition) is 4. The number of benzene rings is 2. The standard InChI is InChI=1S/C25H26N6O2/c1-30-13-10-27-23(30)15-18-8-11-31(12-9-18)25(33)29-22-7-3-5-20(16-22)24(32)28-21-6-2-4-19(14-21)17-26/h2-7,10,13-14,16,18H,8-9,11-12,15H2,1H3,(H,28,32)(H,29,33). The van der Waals surface area contributed by atoms with E-state index < -0.39 is 0 Å². The fourth-order valence-electron chi connectivity index (χ4n) is 4.00. The van der Waals surface area contributed by atoms with Gasteiger partial charge in [-0.3, -0.25) is 4.79 Å². The van der Waals surface area contributed by atoms with E-state index in [0.29, 0.717) is 41.5 Å². The quantitative estimate of drug-likeness (QED) is 0.623. The number of urea groups is 1. The van der Waals surface area contributed by atoms with Crippen LogP contribution in [-0.4, -0.2) is 39.5 Å². The van der Waals surface area contributed by atoms with Crippen molar-refractivity contribution in [3.63, 3.8) is 0 Å². The van der Waals surface area contributed by atoms with Gasteiger partial charge in [0.2, 0.25) is 0 Å². The Morgan fingerprint density at radius 3 is 2.52 bits per heavy atom. The summed E-state index contributed by atoms with van der Waals surface area (Å²) in [5.74, 6) is 1.28. The van der Waals surface area contributed by atoms with E-state index in [9.17, 15) is 9.59 Å². The molecule has 3 amide bonds. The topological polar surface area (TPSA) is 103 Å². The van der Waals surface area contributed by atoms with Crippen LogP contribution in [0.25, 0.3) is 0 Å². The van der Waals surface area contributed by atoms with Gasteiger partial charge < -0.3 is 20.1 Å². The highest BCUT2D eigenvalue weighted by Gasteiger charge is 2.24. The average Bonchev–Trinajstić information content (AvgIpc) is 3.24. The first-order valence-electron chi connectivity index (χ1n) is 11.0. The summed E-state index contributed by atoms with van der Waals surface area (Å²) in [5, 5.41) is 14.7. The lowest BCUT2D eigenvalue weighted by atomic mass is 9.93. The molecule has 4 rings (SSSR count). The third-order valence-electron chi connectivity index (χ3n) is 5.92. The Labute approximate surface area is 192 Å². The number of piperidine rings is 1. The van der Waals surface area contributed by atoms with Crippen LogP contribution in [0.15, 0.2) is 60.9 Å². The van der Waals surface area contributed by atoms with Crippen LogP contribution < -0.4 is 10.6 Å². The smallest absolute Gasteiger partial charge is 0.321 e. The van der Waals surface area contributed by atoms with Gasteiger partial charge in [-0.1, -0.05) is 12.1 Å². The van der Waals surface area contributed by atoms with Crippen molar-refractivity contribution < 1.29 is 9.59 Å². The van der Waals surface area contributed by atoms with Crippen LogP contribution in [0.5, 0.6) is 0 Å². The molecule has 0 spiro atoms. The first-order chi connectivity index (χ1) is 16.0. The third kappa shape index (κ3) is 5.57. The fraction of sp³-hybridized carbons (Fsp3) is 0.280. The predicted molar refractivity (Wildman–Crippen MR) is 126 cm³/mol. The van der Waals surface area contributed by atoms with Gasteiger partial charge in [0.1, 0.15) is 5.82 Å². The van der Waals surface area contributed by atoms with Gasteiger partial charge in [-0.25, -0.2) is 9.78 Å². The lowest BCUT2D eigenvalue weighted by Gasteiger charge is -2.32. The van der Waals surface area contributed by atoms with E-state index in [2.05, 4.69) is 21.7 Å². The van der Waals surface area contributed by atoms with Gasteiger partial charge in [-0.2, -0.15) is 5.26 Å². The Hall–Kier alpha value is -4.12. The van der Waals surface area contributed by atoms with Crippen LogP contribution >= 0.6 is 0 Å². The molecule has 8 heteroatoms. The van der Waals surface area contributed by atoms with Crippen molar-refractivity contribution in [2.45, 2.75) is 19.3 Å². The highest BCUT2D eigenvalue weighted by atomic mass is 16.2. The van der Waals surface area contributed by atoms with Crippen molar-refractivity contribution in [2.75, 3.05) is 23.7 Å². The summed E-state index contributed by atoms with van der Waals surface area (Å²) in [6.45, 7) is 1.38. The number of nitrogens with one attached hydrogen (secondary N) is 2. The summed E-state index contributed by atoms with van der Waals surface area (Å²) >= 11 is 0. The molecule has 0 aliphatic carbocycles. The summed E-state index contributed by atoms with van der Waals surface area (Å²) in [4.78, 5) is 31.6. The zero-order valence-corrected chi connectivity index (χ0v) is 18.5. The van der Waals surface area contributed by atoms with E-state index >= 15 is 0 Å². The lowest BCUT2D eigenvalue weighted by Crippen LogP contribution is -2.41. The number of carbonyl (C=O) groups is 2. The SMILES string of the molecule is Cn1ccnc1CC1CCN(C(=O)Nc2cccc(C(=O)Nc3cccc(C#N)c3)c2)CC1. The number of aromatic nitrogens is 2. The molecule has 8 nitrogen and oxygen atoms in total. The zero-order valence-electron chi connectivity index (χ0n) is 18.5. The summed E-state index contributed by atoms with van der Waals surface area (Å²) in [6, 6.07) is 15.4. The van der Waals surface area contributed by atoms with Crippen molar-refractivity contribution in [1.82, 2.24) is 14.5 Å². The molecule has 0 radical (unpaired) electrons. The largest absolute Gasteiger partial charge is 0.338 e. The maximum absolute atomic E-state index is 12.8. The number of amides is 3. The highest BCUT2D eigenvalue weighted by Crippen LogP contribution is 2.22. The summed E-state index contributed by atoms with van der Waals surface area (Å²) < 4.78 is 2.04. The molecule has 33 heavy (non-hydrogen) atoms. The molecule has 0 atom stereocenters. The van der Waals surface area contributed by atoms with Crippen molar-refractivity contribution in [3.8, 4) is 6.07 Å². The second-order valence-corrected chi connectivity index (χ2v) is 8.25. The Morgan fingerprint density at radius 2 is 1.82 bits per heavy atom. The van der Waals surface area contributed by atoms with Crippen LogP contribution in [-0.2, 0) is 13.5 Å². The number of imidazole rings is 1. The van der Waals surface area contributed by atoms with E-state index in [1.54, 1.807) is 48.5 Å². The van der Waals surface area contributed by atoms with E-state index in [0.717, 1.165) is 25.1 Å². The average molecular weight is 443 g/mol. The monoisotopic (exact) mass is 442 g/mol. The maximum atomic E-state index is 12.8. The van der Waals surface area contributed by atoms with Gasteiger partial charge in [0.15, 0.2) is 0 Å². The summed E-state index contributed by atoms with van der Waals surface area (Å²) in [6.07, 6.45) is 6.56. The Morgan fingerprint density at radius 1 is 1.09 bits per heavy atom. The predicted octanol–water partition coefficient (Wildman–Crippen LogP) is 4.03. The molecule has 0 bridgehead atoms. The minimum absolute atomic E-state index is 0.162. The van der Waals surface area contributed by atoms with Gasteiger partial charge in [0.05, 0.1) is 11.6 Å². The number of nitrogens with zero attached hydrogens (tertiary/aromatic N) is 4. The van der Waals surface area contributed by atoms with E-state index in [4.69, 9.17) is 5.26 Å². The van der Waals surface area contributed by atoms with Crippen LogP contribution in [0.4, 0.5) is 16.2 Å². The van der Waals surface area contributed by atoms with Crippen LogP contribution in [0.2, 0.25) is 0 Å². The molecule has 1 saturated heterocycles. The molecule has 3 aromatic rings. The molecule has 168 valence electrons. The number of likely N-dealkylation sites (tertiary alicyclic amines) is 1. The second-order valence-electron chi connectivity index (χ2n) is 8.25. The van der Waals surface area contributed by atoms with Crippen molar-refractivity contribution in [1.29, 1.82) is 5.26 Å². The van der Waals surface area contributed by atoms with Gasteiger partial charge in [-0.05, 0) is 55.2 Å². The van der Waals surface area contributed by atoms with Crippen molar-refractivity contribution in [2.24, 2.45) is 13.0 Å². The molecule has 1 aromatic heterocycles. The van der Waals surface area contributed by atoms with Gasteiger partial charge in [-0.15, -0.1) is 0 Å². The molecule has 1 fully saturated rings. The molecule has 1 aliphatic rings. The maximum Gasteiger partial charge on any atom is 0.321 e. The molecular weight excluding hydrogens is 416 g/mol. The number of aryl methyl sites for hydroxylation is 1. The Bertz CT molecular complexity index is 1190. The number of rotatable bonds is 5. The molecule has 2 heterocycles. The summed E-state index contributed by atoms with van der Waals surface area (Å²) in [7, 11) is 2.00. The molecule has 0 saturated carbocycles. The molecular formula is C25H26N6O2.